The molecule has 0 radical (unpaired) electrons. The number of aliphatic hydroxyl groups is 2. The van der Waals surface area contributed by atoms with Crippen LogP contribution in [0.25, 0.3) is 0 Å². The maximum Gasteiger partial charge on any atom is 0.338 e. The van der Waals surface area contributed by atoms with Gasteiger partial charge in [0.25, 0.3) is 0 Å². The lowest BCUT2D eigenvalue weighted by molar-refractivity contribution is -0.345. The van der Waals surface area contributed by atoms with Crippen molar-refractivity contribution in [3.63, 3.8) is 0 Å². The van der Waals surface area contributed by atoms with Gasteiger partial charge >= 0.3 is 17.9 Å². The van der Waals surface area contributed by atoms with Crippen LogP contribution in [0.5, 0.6) is 0 Å². The summed E-state index contributed by atoms with van der Waals surface area (Å²) in [5, 5.41) is 25.1. The lowest BCUT2D eigenvalue weighted by atomic mass is 9.44. The zero-order valence-electron chi connectivity index (χ0n) is 26.7. The molecule has 0 aromatic heterocycles. The van der Waals surface area contributed by atoms with Crippen molar-refractivity contribution < 1.29 is 48.3 Å². The normalized spacial score (nSPS) is 39.2. The fraction of sp³-hybridized carbons (Fsp3) is 0.647. The third kappa shape index (κ3) is 4.47. The number of hydrogen-bond donors (Lipinski definition) is 2. The summed E-state index contributed by atoms with van der Waals surface area (Å²) in [6.45, 7) is 13.2. The molecule has 5 rings (SSSR count). The molecule has 1 saturated heterocycles. The van der Waals surface area contributed by atoms with Crippen molar-refractivity contribution in [2.45, 2.75) is 104 Å². The Balaban J connectivity index is 1.87. The molecule has 1 aliphatic heterocycles. The van der Waals surface area contributed by atoms with E-state index >= 15 is 4.79 Å². The number of fused-ring (bicyclic) bond motifs is 5. The number of allylic oxidation sites excluding steroid dienone is 1. The fourth-order valence-electron chi connectivity index (χ4n) is 8.70. The van der Waals surface area contributed by atoms with Crippen molar-refractivity contribution in [1.82, 2.24) is 0 Å². The minimum Gasteiger partial charge on any atom is -0.455 e. The number of ketones is 1. The van der Waals surface area contributed by atoms with Crippen LogP contribution in [0, 0.1) is 28.6 Å². The number of aliphatic hydroxyl groups excluding tert-OH is 1. The molecule has 1 aromatic rings. The number of carbonyl (C=O) groups is 4. The molecule has 0 amide bonds. The molecule has 3 aliphatic carbocycles. The average Bonchev–Trinajstić information content (AvgIpc) is 2.93. The second-order valence-electron chi connectivity index (χ2n) is 14.1. The zero-order chi connectivity index (χ0) is 32.6. The first-order valence-corrected chi connectivity index (χ1v) is 15.3. The van der Waals surface area contributed by atoms with Gasteiger partial charge in [0, 0.05) is 25.7 Å². The van der Waals surface area contributed by atoms with Crippen molar-refractivity contribution in [2.24, 2.45) is 28.6 Å². The number of esters is 3. The minimum absolute atomic E-state index is 0.0175. The van der Waals surface area contributed by atoms with Gasteiger partial charge in [0.15, 0.2) is 17.5 Å². The van der Waals surface area contributed by atoms with E-state index in [4.69, 9.17) is 18.9 Å². The monoisotopic (exact) mass is 612 g/mol. The highest BCUT2D eigenvalue weighted by molar-refractivity contribution is 5.95. The summed E-state index contributed by atoms with van der Waals surface area (Å²) in [4.78, 5) is 54.2. The molecule has 240 valence electrons. The van der Waals surface area contributed by atoms with E-state index in [0.29, 0.717) is 5.57 Å². The van der Waals surface area contributed by atoms with Crippen LogP contribution < -0.4 is 0 Å². The first-order valence-electron chi connectivity index (χ1n) is 15.3. The Morgan fingerprint density at radius 2 is 1.66 bits per heavy atom. The molecule has 2 saturated carbocycles. The first kappa shape index (κ1) is 32.3. The van der Waals surface area contributed by atoms with E-state index in [9.17, 15) is 24.6 Å². The topological polar surface area (TPSA) is 146 Å². The van der Waals surface area contributed by atoms with E-state index in [1.165, 1.54) is 20.8 Å². The predicted molar refractivity (Wildman–Crippen MR) is 157 cm³/mol. The van der Waals surface area contributed by atoms with Crippen molar-refractivity contribution in [1.29, 1.82) is 0 Å². The maximum atomic E-state index is 15.0. The van der Waals surface area contributed by atoms with Crippen molar-refractivity contribution >= 4 is 23.7 Å². The molecule has 2 N–H and O–H groups in total. The van der Waals surface area contributed by atoms with E-state index in [0.717, 1.165) is 5.57 Å². The van der Waals surface area contributed by atoms with Crippen LogP contribution in [0.3, 0.4) is 0 Å². The van der Waals surface area contributed by atoms with E-state index in [2.05, 4.69) is 0 Å². The molecule has 1 aromatic carbocycles. The first-order chi connectivity index (χ1) is 20.4. The number of ether oxygens (including phenoxy) is 4. The third-order valence-electron chi connectivity index (χ3n) is 11.1. The maximum absolute atomic E-state index is 15.0. The van der Waals surface area contributed by atoms with E-state index in [-0.39, 0.29) is 36.8 Å². The Morgan fingerprint density at radius 3 is 2.18 bits per heavy atom. The Labute approximate surface area is 258 Å². The number of benzene rings is 1. The smallest absolute Gasteiger partial charge is 0.338 e. The molecular weight excluding hydrogens is 568 g/mol. The summed E-state index contributed by atoms with van der Waals surface area (Å²) >= 11 is 0. The molecule has 0 spiro atoms. The van der Waals surface area contributed by atoms with Crippen molar-refractivity contribution in [3.8, 4) is 0 Å². The van der Waals surface area contributed by atoms with Crippen molar-refractivity contribution in [2.75, 3.05) is 6.61 Å². The Hall–Kier alpha value is -3.08. The van der Waals surface area contributed by atoms with Gasteiger partial charge in [-0.3, -0.25) is 14.4 Å². The minimum atomic E-state index is -1.88. The molecule has 3 fully saturated rings. The van der Waals surface area contributed by atoms with Crippen LogP contribution in [0.2, 0.25) is 0 Å². The second kappa shape index (κ2) is 10.8. The van der Waals surface area contributed by atoms with E-state index in [1.54, 1.807) is 44.2 Å². The number of hydrogen-bond acceptors (Lipinski definition) is 10. The summed E-state index contributed by atoms with van der Waals surface area (Å²) in [5.41, 5.74) is -5.05. The summed E-state index contributed by atoms with van der Waals surface area (Å²) < 4.78 is 24.1. The van der Waals surface area contributed by atoms with Gasteiger partial charge in [-0.2, -0.15) is 0 Å². The highest BCUT2D eigenvalue weighted by Gasteiger charge is 2.78. The molecule has 1 heterocycles. The van der Waals surface area contributed by atoms with Gasteiger partial charge in [0.2, 0.25) is 0 Å². The quantitative estimate of drug-likeness (QED) is 0.288. The number of rotatable bonds is 5. The van der Waals surface area contributed by atoms with Crippen LogP contribution in [0.15, 0.2) is 41.5 Å². The van der Waals surface area contributed by atoms with Gasteiger partial charge in [-0.25, -0.2) is 4.79 Å². The molecule has 10 heteroatoms. The third-order valence-corrected chi connectivity index (χ3v) is 11.1. The van der Waals surface area contributed by atoms with Gasteiger partial charge in [0.05, 0.1) is 29.6 Å². The molecule has 1 unspecified atom stereocenters. The molecule has 10 nitrogen and oxygen atoms in total. The summed E-state index contributed by atoms with van der Waals surface area (Å²) in [5.74, 6) is -4.28. The average molecular weight is 613 g/mol. The Kier molecular flexibility index (Phi) is 7.91. The zero-order valence-corrected chi connectivity index (χ0v) is 26.7. The molecule has 9 atom stereocenters. The fourth-order valence-corrected chi connectivity index (χ4v) is 8.70. The van der Waals surface area contributed by atoms with E-state index in [1.807, 2.05) is 20.8 Å². The highest BCUT2D eigenvalue weighted by atomic mass is 16.6. The Bertz CT molecular complexity index is 1400. The van der Waals surface area contributed by atoms with Crippen LogP contribution in [0.4, 0.5) is 0 Å². The lowest BCUT2D eigenvalue weighted by Gasteiger charge is -2.67. The standard InChI is InChI=1S/C34H44O10/c1-17(2)22-15-34(40)29(43-30(39)21-12-10-9-11-13-21)27-32(8,23(37)14-24-33(27,16-41-24)44-20(5)36)28(38)26(42-19(4)35)25(18(22)3)31(34,6)7/h9-13,17,22-24,26-27,29,37,40H,14-16H2,1-8H3/t22-,23+,24-,26-,27-,29-,32-,33?,34-/m1/s1. The Morgan fingerprint density at radius 1 is 1.02 bits per heavy atom. The summed E-state index contributed by atoms with van der Waals surface area (Å²) in [6.07, 6.45) is -5.04. The molecule has 2 bridgehead atoms. The molecule has 44 heavy (non-hydrogen) atoms. The van der Waals surface area contributed by atoms with Gasteiger partial charge < -0.3 is 29.2 Å². The van der Waals surface area contributed by atoms with Crippen LogP contribution in [-0.2, 0) is 33.3 Å². The number of carbonyl (C=O) groups excluding carboxylic acids is 4. The van der Waals surface area contributed by atoms with Crippen LogP contribution >= 0.6 is 0 Å². The predicted octanol–water partition coefficient (Wildman–Crippen LogP) is 3.56. The van der Waals surface area contributed by atoms with Crippen LogP contribution in [0.1, 0.15) is 78.6 Å². The van der Waals surface area contributed by atoms with Crippen LogP contribution in [-0.4, -0.2) is 76.1 Å². The van der Waals surface area contributed by atoms with E-state index < -0.39 is 76.1 Å². The van der Waals surface area contributed by atoms with Crippen molar-refractivity contribution in [3.05, 3.63) is 47.0 Å². The summed E-state index contributed by atoms with van der Waals surface area (Å²) in [7, 11) is 0. The lowest BCUT2D eigenvalue weighted by Crippen LogP contribution is -2.81. The van der Waals surface area contributed by atoms with Gasteiger partial charge in [-0.1, -0.05) is 51.5 Å². The van der Waals surface area contributed by atoms with Gasteiger partial charge in [-0.05, 0) is 49.8 Å². The van der Waals surface area contributed by atoms with Gasteiger partial charge in [-0.15, -0.1) is 0 Å². The second-order valence-corrected chi connectivity index (χ2v) is 14.1. The SMILES string of the molecule is CC(=O)O[C@H]1C(=O)[C@]2(C)[C@@H](O)C[C@H]3OCC3(OC(C)=O)[C@@H]2[C@@H](OC(=O)c2ccccc2)[C@]2(O)C[C@H](C(C)C)C(C)=C1C2(C)C. The molecular formula is C34H44O10. The summed E-state index contributed by atoms with van der Waals surface area (Å²) in [6, 6.07) is 8.30. The molecule has 4 aliphatic rings. The van der Waals surface area contributed by atoms with Gasteiger partial charge in [0.1, 0.15) is 17.8 Å². The largest absolute Gasteiger partial charge is 0.455 e. The highest BCUT2D eigenvalue weighted by Crippen LogP contribution is 2.65. The number of Topliss-reactive ketones (excluding diaryl/α,β-unsaturated/α-hetero) is 1.